The summed E-state index contributed by atoms with van der Waals surface area (Å²) >= 11 is 0. The van der Waals surface area contributed by atoms with Crippen molar-refractivity contribution in [3.8, 4) is 5.69 Å². The van der Waals surface area contributed by atoms with E-state index in [1.54, 1.807) is 6.20 Å². The molecule has 1 fully saturated rings. The summed E-state index contributed by atoms with van der Waals surface area (Å²) in [6, 6.07) is 11.0. The van der Waals surface area contributed by atoms with Crippen molar-refractivity contribution in [3.05, 3.63) is 48.3 Å². The molecule has 0 bridgehead atoms. The molecule has 3 rings (SSSR count). The molecule has 2 N–H and O–H groups in total. The van der Waals surface area contributed by atoms with Crippen LogP contribution in [0.2, 0.25) is 0 Å². The van der Waals surface area contributed by atoms with Crippen molar-refractivity contribution in [2.45, 2.75) is 25.3 Å². The van der Waals surface area contributed by atoms with E-state index in [0.29, 0.717) is 6.04 Å². The molecule has 0 radical (unpaired) electrons. The lowest BCUT2D eigenvalue weighted by Gasteiger charge is -2.25. The molecule has 0 saturated heterocycles. The number of benzene rings is 1. The minimum atomic E-state index is 0.586. The van der Waals surface area contributed by atoms with E-state index < -0.39 is 0 Å². The van der Waals surface area contributed by atoms with Gasteiger partial charge in [0, 0.05) is 38.6 Å². The quantitative estimate of drug-likeness (QED) is 0.562. The molecule has 1 saturated carbocycles. The van der Waals surface area contributed by atoms with Gasteiger partial charge in [0.15, 0.2) is 5.96 Å². The first-order chi connectivity index (χ1) is 12.7. The van der Waals surface area contributed by atoms with Crippen LogP contribution in [0.4, 0.5) is 0 Å². The second kappa shape index (κ2) is 8.85. The van der Waals surface area contributed by atoms with Crippen LogP contribution in [0.15, 0.2) is 47.7 Å². The number of guanidine groups is 1. The predicted octanol–water partition coefficient (Wildman–Crippen LogP) is 1.92. The molecular weight excluding hydrogens is 324 g/mol. The lowest BCUT2D eigenvalue weighted by atomic mass is 10.1. The topological polar surface area (TPSA) is 57.5 Å². The predicted molar refractivity (Wildman–Crippen MR) is 107 cm³/mol. The second-order valence-electron chi connectivity index (χ2n) is 7.12. The van der Waals surface area contributed by atoms with Crippen LogP contribution in [0.3, 0.4) is 0 Å². The number of rotatable bonds is 8. The Morgan fingerprint density at radius 2 is 2.04 bits per heavy atom. The molecule has 0 amide bonds. The summed E-state index contributed by atoms with van der Waals surface area (Å²) in [5.74, 6) is 1.72. The van der Waals surface area contributed by atoms with Gasteiger partial charge in [0.25, 0.3) is 0 Å². The van der Waals surface area contributed by atoms with Crippen molar-refractivity contribution in [1.82, 2.24) is 25.3 Å². The zero-order valence-electron chi connectivity index (χ0n) is 16.0. The van der Waals surface area contributed by atoms with Gasteiger partial charge in [-0.2, -0.15) is 5.10 Å². The van der Waals surface area contributed by atoms with Gasteiger partial charge >= 0.3 is 0 Å². The Bertz CT molecular complexity index is 684. The van der Waals surface area contributed by atoms with Gasteiger partial charge in [0.1, 0.15) is 0 Å². The van der Waals surface area contributed by atoms with E-state index in [-0.39, 0.29) is 0 Å². The van der Waals surface area contributed by atoms with E-state index in [1.807, 2.05) is 24.0 Å². The van der Waals surface area contributed by atoms with E-state index in [1.165, 1.54) is 18.4 Å². The van der Waals surface area contributed by atoms with Gasteiger partial charge in [0.2, 0.25) is 0 Å². The number of nitrogens with one attached hydrogen (secondary N) is 2. The summed E-state index contributed by atoms with van der Waals surface area (Å²) in [6.45, 7) is 1.80. The highest BCUT2D eigenvalue weighted by Crippen LogP contribution is 2.34. The molecule has 6 nitrogen and oxygen atoms in total. The molecule has 0 spiro atoms. The largest absolute Gasteiger partial charge is 0.356 e. The van der Waals surface area contributed by atoms with Crippen LogP contribution >= 0.6 is 0 Å². The van der Waals surface area contributed by atoms with Gasteiger partial charge in [-0.1, -0.05) is 12.1 Å². The lowest BCUT2D eigenvalue weighted by Crippen LogP contribution is -2.46. The number of likely N-dealkylation sites (N-methyl/N-ethyl adjacent to an activating group) is 1. The third kappa shape index (κ3) is 5.08. The Hall–Kier alpha value is -2.34. The number of aromatic nitrogens is 2. The van der Waals surface area contributed by atoms with Crippen LogP contribution in [0.25, 0.3) is 5.69 Å². The zero-order chi connectivity index (χ0) is 18.4. The van der Waals surface area contributed by atoms with Crippen molar-refractivity contribution in [1.29, 1.82) is 0 Å². The highest BCUT2D eigenvalue weighted by atomic mass is 15.3. The van der Waals surface area contributed by atoms with Crippen LogP contribution in [-0.2, 0) is 6.42 Å². The van der Waals surface area contributed by atoms with Crippen LogP contribution in [0.5, 0.6) is 0 Å². The maximum absolute atomic E-state index is 4.34. The van der Waals surface area contributed by atoms with Crippen LogP contribution < -0.4 is 10.6 Å². The normalized spacial score (nSPS) is 15.9. The van der Waals surface area contributed by atoms with Gasteiger partial charge in [-0.05, 0) is 63.0 Å². The Balaban J connectivity index is 1.42. The molecule has 1 aliphatic rings. The molecule has 1 atom stereocenters. The van der Waals surface area contributed by atoms with Gasteiger partial charge in [0.05, 0.1) is 5.69 Å². The molecule has 0 aliphatic heterocycles. The molecule has 1 aromatic heterocycles. The van der Waals surface area contributed by atoms with Crippen molar-refractivity contribution in [2.24, 2.45) is 10.9 Å². The first kappa shape index (κ1) is 18.5. The third-order valence-electron chi connectivity index (χ3n) is 4.94. The van der Waals surface area contributed by atoms with E-state index in [2.05, 4.69) is 64.0 Å². The molecule has 1 aromatic carbocycles. The maximum atomic E-state index is 4.34. The standard InChI is InChI=1S/C20H30N6/c1-21-20(23-15-19(25(2)3)17-7-8-17)22-13-11-16-5-9-18(10-6-16)26-14-4-12-24-26/h4-6,9-10,12,14,17,19H,7-8,11,13,15H2,1-3H3,(H2,21,22,23). The van der Waals surface area contributed by atoms with Crippen molar-refractivity contribution in [3.63, 3.8) is 0 Å². The number of aliphatic imine (C=N–C) groups is 1. The number of hydrogen-bond donors (Lipinski definition) is 2. The van der Waals surface area contributed by atoms with Crippen LogP contribution in [0, 0.1) is 5.92 Å². The molecule has 1 heterocycles. The number of nitrogens with zero attached hydrogens (tertiary/aromatic N) is 4. The molecular formula is C20H30N6. The molecule has 2 aromatic rings. The molecule has 6 heteroatoms. The van der Waals surface area contributed by atoms with Crippen LogP contribution in [0.1, 0.15) is 18.4 Å². The van der Waals surface area contributed by atoms with E-state index in [0.717, 1.165) is 37.1 Å². The molecule has 26 heavy (non-hydrogen) atoms. The summed E-state index contributed by atoms with van der Waals surface area (Å²) in [7, 11) is 6.15. The summed E-state index contributed by atoms with van der Waals surface area (Å²) < 4.78 is 1.87. The SMILES string of the molecule is CN=C(NCCc1ccc(-n2cccn2)cc1)NCC(C1CC1)N(C)C. The highest BCUT2D eigenvalue weighted by molar-refractivity contribution is 5.79. The fourth-order valence-corrected chi connectivity index (χ4v) is 3.24. The minimum absolute atomic E-state index is 0.586. The number of hydrogen-bond acceptors (Lipinski definition) is 3. The molecule has 140 valence electrons. The summed E-state index contributed by atoms with van der Waals surface area (Å²) in [5, 5.41) is 11.1. The Labute approximate surface area is 156 Å². The van der Waals surface area contributed by atoms with E-state index in [4.69, 9.17) is 0 Å². The Morgan fingerprint density at radius 3 is 2.62 bits per heavy atom. The van der Waals surface area contributed by atoms with Gasteiger partial charge in [-0.3, -0.25) is 4.99 Å². The van der Waals surface area contributed by atoms with Crippen molar-refractivity contribution >= 4 is 5.96 Å². The van der Waals surface area contributed by atoms with Crippen molar-refractivity contribution < 1.29 is 0 Å². The Morgan fingerprint density at radius 1 is 1.27 bits per heavy atom. The van der Waals surface area contributed by atoms with Crippen LogP contribution in [-0.4, -0.2) is 60.9 Å². The summed E-state index contributed by atoms with van der Waals surface area (Å²) in [5.41, 5.74) is 2.38. The summed E-state index contributed by atoms with van der Waals surface area (Å²) in [6.07, 6.45) is 7.41. The first-order valence-corrected chi connectivity index (χ1v) is 9.37. The fraction of sp³-hybridized carbons (Fsp3) is 0.500. The zero-order valence-corrected chi connectivity index (χ0v) is 16.0. The van der Waals surface area contributed by atoms with E-state index in [9.17, 15) is 0 Å². The fourth-order valence-electron chi connectivity index (χ4n) is 3.24. The van der Waals surface area contributed by atoms with E-state index >= 15 is 0 Å². The average Bonchev–Trinajstić information content (AvgIpc) is 3.33. The lowest BCUT2D eigenvalue weighted by molar-refractivity contribution is 0.264. The first-order valence-electron chi connectivity index (χ1n) is 9.37. The highest BCUT2D eigenvalue weighted by Gasteiger charge is 2.32. The third-order valence-corrected chi connectivity index (χ3v) is 4.94. The maximum Gasteiger partial charge on any atom is 0.191 e. The second-order valence-corrected chi connectivity index (χ2v) is 7.12. The van der Waals surface area contributed by atoms with Gasteiger partial charge in [-0.15, -0.1) is 0 Å². The van der Waals surface area contributed by atoms with Crippen molar-refractivity contribution in [2.75, 3.05) is 34.2 Å². The molecule has 1 unspecified atom stereocenters. The van der Waals surface area contributed by atoms with Gasteiger partial charge < -0.3 is 15.5 Å². The van der Waals surface area contributed by atoms with Gasteiger partial charge in [-0.25, -0.2) is 4.68 Å². The Kier molecular flexibility index (Phi) is 6.28. The minimum Gasteiger partial charge on any atom is -0.356 e. The summed E-state index contributed by atoms with van der Waals surface area (Å²) in [4.78, 5) is 6.66. The monoisotopic (exact) mass is 354 g/mol. The smallest absolute Gasteiger partial charge is 0.191 e. The average molecular weight is 355 g/mol. The molecule has 1 aliphatic carbocycles.